The highest BCUT2D eigenvalue weighted by atomic mass is 32.1. The second-order valence-electron chi connectivity index (χ2n) is 4.37. The first-order chi connectivity index (χ1) is 9.83. The molecule has 2 N–H and O–H groups in total. The van der Waals surface area contributed by atoms with Crippen LogP contribution in [0.15, 0.2) is 66.7 Å². The van der Waals surface area contributed by atoms with E-state index in [2.05, 4.69) is 36.1 Å². The molecule has 0 saturated carbocycles. The van der Waals surface area contributed by atoms with Crippen LogP contribution in [0.5, 0.6) is 0 Å². The van der Waals surface area contributed by atoms with E-state index in [0.29, 0.717) is 0 Å². The maximum Gasteiger partial charge on any atom is 0.0778 e. The minimum atomic E-state index is 0.722. The molecule has 0 aliphatic heterocycles. The highest BCUT2D eigenvalue weighted by Crippen LogP contribution is 2.27. The van der Waals surface area contributed by atoms with Crippen LogP contribution in [-0.4, -0.2) is 0 Å². The number of hydrogen-bond acceptors (Lipinski definition) is 2. The first-order valence-electron chi connectivity index (χ1n) is 6.35. The van der Waals surface area contributed by atoms with Crippen LogP contribution < -0.4 is 5.73 Å². The van der Waals surface area contributed by atoms with Crippen LogP contribution in [0.4, 0.5) is 5.69 Å². The zero-order chi connectivity index (χ0) is 13.8. The molecule has 1 aromatic heterocycles. The molecule has 20 heavy (non-hydrogen) atoms. The SMILES string of the molecule is Nc1ccccc1C#Cc1ccc(-c2ccccc2)s1. The van der Waals surface area contributed by atoms with Crippen molar-refractivity contribution in [3.05, 3.63) is 77.2 Å². The predicted molar refractivity (Wildman–Crippen MR) is 86.6 cm³/mol. The minimum Gasteiger partial charge on any atom is -0.398 e. The highest BCUT2D eigenvalue weighted by molar-refractivity contribution is 7.16. The highest BCUT2D eigenvalue weighted by Gasteiger charge is 2.00. The average molecular weight is 275 g/mol. The second-order valence-corrected chi connectivity index (χ2v) is 5.45. The van der Waals surface area contributed by atoms with Gasteiger partial charge in [0.05, 0.1) is 4.88 Å². The summed E-state index contributed by atoms with van der Waals surface area (Å²) in [5, 5.41) is 0. The predicted octanol–water partition coefficient (Wildman–Crippen LogP) is 4.40. The molecule has 0 unspecified atom stereocenters. The molecule has 0 aliphatic rings. The average Bonchev–Trinajstić information content (AvgIpc) is 2.96. The van der Waals surface area contributed by atoms with E-state index in [4.69, 9.17) is 5.73 Å². The van der Waals surface area contributed by atoms with Gasteiger partial charge in [-0.05, 0) is 29.8 Å². The summed E-state index contributed by atoms with van der Waals surface area (Å²) >= 11 is 1.70. The summed E-state index contributed by atoms with van der Waals surface area (Å²) < 4.78 is 0. The lowest BCUT2D eigenvalue weighted by molar-refractivity contribution is 1.63. The number of hydrogen-bond donors (Lipinski definition) is 1. The summed E-state index contributed by atoms with van der Waals surface area (Å²) in [7, 11) is 0. The lowest BCUT2D eigenvalue weighted by atomic mass is 10.2. The van der Waals surface area contributed by atoms with Crippen LogP contribution in [-0.2, 0) is 0 Å². The van der Waals surface area contributed by atoms with E-state index >= 15 is 0 Å². The van der Waals surface area contributed by atoms with E-state index in [0.717, 1.165) is 16.1 Å². The monoisotopic (exact) mass is 275 g/mol. The van der Waals surface area contributed by atoms with Gasteiger partial charge in [-0.25, -0.2) is 0 Å². The van der Waals surface area contributed by atoms with Crippen LogP contribution in [0.3, 0.4) is 0 Å². The number of thiophene rings is 1. The number of para-hydroxylation sites is 1. The molecule has 0 amide bonds. The molecule has 2 heteroatoms. The molecule has 3 aromatic rings. The third-order valence-corrected chi connectivity index (χ3v) is 4.00. The van der Waals surface area contributed by atoms with Crippen molar-refractivity contribution in [2.75, 3.05) is 5.73 Å². The van der Waals surface area contributed by atoms with Gasteiger partial charge in [-0.3, -0.25) is 0 Å². The van der Waals surface area contributed by atoms with E-state index < -0.39 is 0 Å². The molecule has 3 rings (SSSR count). The maximum absolute atomic E-state index is 5.88. The molecule has 0 atom stereocenters. The van der Waals surface area contributed by atoms with Gasteiger partial charge in [0.1, 0.15) is 0 Å². The Balaban J connectivity index is 1.88. The van der Waals surface area contributed by atoms with Gasteiger partial charge in [0.15, 0.2) is 0 Å². The van der Waals surface area contributed by atoms with Crippen LogP contribution in [0.25, 0.3) is 10.4 Å². The molecule has 0 bridgehead atoms. The van der Waals surface area contributed by atoms with Crippen molar-refractivity contribution in [3.63, 3.8) is 0 Å². The van der Waals surface area contributed by atoms with Gasteiger partial charge in [-0.1, -0.05) is 54.3 Å². The van der Waals surface area contributed by atoms with Crippen molar-refractivity contribution in [1.29, 1.82) is 0 Å². The third-order valence-electron chi connectivity index (χ3n) is 2.95. The fraction of sp³-hybridized carbons (Fsp3) is 0. The lowest BCUT2D eigenvalue weighted by Crippen LogP contribution is -1.88. The summed E-state index contributed by atoms with van der Waals surface area (Å²) in [4.78, 5) is 2.28. The number of anilines is 1. The molecule has 2 aromatic carbocycles. The van der Waals surface area contributed by atoms with Crippen molar-refractivity contribution in [3.8, 4) is 22.3 Å². The zero-order valence-corrected chi connectivity index (χ0v) is 11.7. The lowest BCUT2D eigenvalue weighted by Gasteiger charge is -1.95. The Bertz CT molecular complexity index is 776. The molecule has 0 saturated heterocycles. The Kier molecular flexibility index (Phi) is 3.54. The quantitative estimate of drug-likeness (QED) is 0.517. The van der Waals surface area contributed by atoms with Crippen LogP contribution in [0.1, 0.15) is 10.4 Å². The number of benzene rings is 2. The molecular weight excluding hydrogens is 262 g/mol. The van der Waals surface area contributed by atoms with Gasteiger partial charge in [-0.2, -0.15) is 0 Å². The molecule has 96 valence electrons. The Morgan fingerprint density at radius 3 is 2.30 bits per heavy atom. The van der Waals surface area contributed by atoms with Crippen LogP contribution in [0, 0.1) is 11.8 Å². The fourth-order valence-electron chi connectivity index (χ4n) is 1.90. The van der Waals surface area contributed by atoms with Gasteiger partial charge in [0.25, 0.3) is 0 Å². The fourth-order valence-corrected chi connectivity index (χ4v) is 2.77. The largest absolute Gasteiger partial charge is 0.398 e. The van der Waals surface area contributed by atoms with Crippen molar-refractivity contribution in [2.24, 2.45) is 0 Å². The summed E-state index contributed by atoms with van der Waals surface area (Å²) in [5.41, 5.74) is 8.71. The Morgan fingerprint density at radius 2 is 1.50 bits per heavy atom. The van der Waals surface area contributed by atoms with E-state index in [-0.39, 0.29) is 0 Å². The first-order valence-corrected chi connectivity index (χ1v) is 7.16. The van der Waals surface area contributed by atoms with E-state index in [1.54, 1.807) is 11.3 Å². The Morgan fingerprint density at radius 1 is 0.750 bits per heavy atom. The zero-order valence-electron chi connectivity index (χ0n) is 10.8. The topological polar surface area (TPSA) is 26.0 Å². The molecule has 0 radical (unpaired) electrons. The molecule has 1 nitrogen and oxygen atoms in total. The number of nitrogen functional groups attached to an aromatic ring is 1. The summed E-state index contributed by atoms with van der Waals surface area (Å²) in [6.07, 6.45) is 0. The third kappa shape index (κ3) is 2.74. The van der Waals surface area contributed by atoms with Crippen LogP contribution >= 0.6 is 11.3 Å². The van der Waals surface area contributed by atoms with Gasteiger partial charge in [0, 0.05) is 16.1 Å². The van der Waals surface area contributed by atoms with Crippen molar-refractivity contribution >= 4 is 17.0 Å². The number of rotatable bonds is 1. The van der Waals surface area contributed by atoms with Gasteiger partial charge in [0.2, 0.25) is 0 Å². The summed E-state index contributed by atoms with van der Waals surface area (Å²) in [6, 6.07) is 22.2. The Labute approximate surface area is 122 Å². The smallest absolute Gasteiger partial charge is 0.0778 e. The molecule has 0 fully saturated rings. The van der Waals surface area contributed by atoms with Gasteiger partial charge < -0.3 is 5.73 Å². The minimum absolute atomic E-state index is 0.722. The standard InChI is InChI=1S/C18H13NS/c19-17-9-5-4-6-14(17)10-11-16-12-13-18(20-16)15-7-2-1-3-8-15/h1-9,12-13H,19H2. The van der Waals surface area contributed by atoms with Crippen LogP contribution in [0.2, 0.25) is 0 Å². The first kappa shape index (κ1) is 12.5. The molecular formula is C18H13NS. The Hall–Kier alpha value is -2.50. The molecule has 1 heterocycles. The van der Waals surface area contributed by atoms with Crippen molar-refractivity contribution in [2.45, 2.75) is 0 Å². The maximum atomic E-state index is 5.88. The summed E-state index contributed by atoms with van der Waals surface area (Å²) in [6.45, 7) is 0. The molecule has 0 spiro atoms. The van der Waals surface area contributed by atoms with Crippen molar-refractivity contribution in [1.82, 2.24) is 0 Å². The van der Waals surface area contributed by atoms with E-state index in [1.807, 2.05) is 42.5 Å². The van der Waals surface area contributed by atoms with E-state index in [9.17, 15) is 0 Å². The van der Waals surface area contributed by atoms with E-state index in [1.165, 1.54) is 10.4 Å². The van der Waals surface area contributed by atoms with Crippen molar-refractivity contribution < 1.29 is 0 Å². The molecule has 0 aliphatic carbocycles. The van der Waals surface area contributed by atoms with Gasteiger partial charge >= 0.3 is 0 Å². The number of nitrogens with two attached hydrogens (primary N) is 1. The van der Waals surface area contributed by atoms with Gasteiger partial charge in [-0.15, -0.1) is 11.3 Å². The normalized spacial score (nSPS) is 9.80. The summed E-state index contributed by atoms with van der Waals surface area (Å²) in [5.74, 6) is 6.31. The second kappa shape index (κ2) is 5.64.